The molecule has 0 aliphatic carbocycles. The molecule has 0 radical (unpaired) electrons. The molecule has 16 heteroatoms. The van der Waals surface area contributed by atoms with Gasteiger partial charge in [-0.05, 0) is 79.2 Å². The number of nitrogen functional groups attached to an aromatic ring is 1. The quantitative estimate of drug-likeness (QED) is 0.128. The summed E-state index contributed by atoms with van der Waals surface area (Å²) in [6.07, 6.45) is -4.28. The maximum absolute atomic E-state index is 14.7. The van der Waals surface area contributed by atoms with E-state index >= 15 is 0 Å². The highest BCUT2D eigenvalue weighted by atomic mass is 32.2. The summed E-state index contributed by atoms with van der Waals surface area (Å²) in [4.78, 5) is 44.6. The number of halogens is 4. The van der Waals surface area contributed by atoms with Crippen LogP contribution in [0.2, 0.25) is 0 Å². The fourth-order valence-electron chi connectivity index (χ4n) is 5.90. The maximum atomic E-state index is 14.7. The molecule has 3 N–H and O–H groups in total. The van der Waals surface area contributed by atoms with E-state index in [0.717, 1.165) is 11.0 Å². The van der Waals surface area contributed by atoms with Crippen LogP contribution in [0.25, 0.3) is 10.8 Å². The molecule has 1 amide bonds. The van der Waals surface area contributed by atoms with E-state index in [0.29, 0.717) is 16.5 Å². The Morgan fingerprint density at radius 2 is 1.76 bits per heavy atom. The Morgan fingerprint density at radius 1 is 1.04 bits per heavy atom. The molecule has 11 nitrogen and oxygen atoms in total. The van der Waals surface area contributed by atoms with Crippen LogP contribution in [0.3, 0.4) is 0 Å². The number of carbonyl (C=O) groups is 3. The first-order chi connectivity index (χ1) is 23.5. The van der Waals surface area contributed by atoms with Crippen molar-refractivity contribution < 1.29 is 49.8 Å². The number of benzene rings is 3. The lowest BCUT2D eigenvalue weighted by Gasteiger charge is -2.33. The largest absolute Gasteiger partial charge is 0.494 e. The zero-order chi connectivity index (χ0) is 36.5. The average molecular weight is 717 g/mol. The summed E-state index contributed by atoms with van der Waals surface area (Å²) < 4.78 is 90.2. The van der Waals surface area contributed by atoms with Crippen LogP contribution < -0.4 is 15.8 Å². The Morgan fingerprint density at radius 3 is 2.44 bits per heavy atom. The second-order valence-electron chi connectivity index (χ2n) is 11.8. The molecule has 2 heterocycles. The number of sulfone groups is 1. The van der Waals surface area contributed by atoms with Gasteiger partial charge >= 0.3 is 18.1 Å². The zero-order valence-corrected chi connectivity index (χ0v) is 27.7. The number of esters is 2. The van der Waals surface area contributed by atoms with Crippen LogP contribution in [-0.2, 0) is 29.0 Å². The minimum Gasteiger partial charge on any atom is -0.494 e. The van der Waals surface area contributed by atoms with Crippen molar-refractivity contribution in [3.05, 3.63) is 89.9 Å². The molecule has 1 aromatic heterocycles. The number of likely N-dealkylation sites (tertiary alicyclic amines) is 1. The van der Waals surface area contributed by atoms with Crippen molar-refractivity contribution in [3.8, 4) is 5.75 Å². The summed E-state index contributed by atoms with van der Waals surface area (Å²) in [5.74, 6) is -7.32. The molecule has 1 fully saturated rings. The van der Waals surface area contributed by atoms with E-state index in [1.165, 1.54) is 63.6 Å². The lowest BCUT2D eigenvalue weighted by molar-refractivity contribution is -0.203. The SMILES string of the molecule is COc1cc([C@@H](Nc2ccc3c(N)nccc3c2)C(=O)N2CCC(C(=O)OC(=O)C(F)(F)F)C2c2ccccc2S(=O)(=O)C(C)C)ccc1F. The Balaban J connectivity index is 1.64. The van der Waals surface area contributed by atoms with Gasteiger partial charge in [-0.3, -0.25) is 9.59 Å². The number of hydrogen-bond donors (Lipinski definition) is 2. The molecule has 0 bridgehead atoms. The number of methoxy groups -OCH3 is 1. The van der Waals surface area contributed by atoms with Gasteiger partial charge in [-0.15, -0.1) is 0 Å². The minimum atomic E-state index is -5.49. The van der Waals surface area contributed by atoms with E-state index in [4.69, 9.17) is 10.5 Å². The number of fused-ring (bicyclic) bond motifs is 1. The number of rotatable bonds is 9. The van der Waals surface area contributed by atoms with Gasteiger partial charge in [0.05, 0.1) is 29.2 Å². The predicted octanol–water partition coefficient (Wildman–Crippen LogP) is 5.52. The monoisotopic (exact) mass is 716 g/mol. The standard InChI is InChI=1S/C34H32F4N4O7S/c1-18(2)50(46,47)27-7-5-4-6-23(27)29-24(32(44)49-33(45)34(36,37)38)13-15-42(29)31(43)28(20-8-11-25(35)26(17-20)48-3)41-21-9-10-22-19(16-21)12-14-40-30(22)39/h4-12,14,16-18,24,28-29,41H,13,15H2,1-3H3,(H2,39,40)/t24?,28-,29?/m1/s1. The highest BCUT2D eigenvalue weighted by molar-refractivity contribution is 7.92. The van der Waals surface area contributed by atoms with Gasteiger partial charge in [-0.2, -0.15) is 13.2 Å². The molecule has 1 aliphatic heterocycles. The summed E-state index contributed by atoms with van der Waals surface area (Å²) in [6.45, 7) is 2.59. The van der Waals surface area contributed by atoms with Crippen molar-refractivity contribution in [2.24, 2.45) is 5.92 Å². The molecule has 2 unspecified atom stereocenters. The van der Waals surface area contributed by atoms with Gasteiger partial charge in [0.25, 0.3) is 0 Å². The molecule has 0 spiro atoms. The smallest absolute Gasteiger partial charge is 0.491 e. The number of anilines is 2. The van der Waals surface area contributed by atoms with E-state index in [2.05, 4.69) is 15.0 Å². The third-order valence-electron chi connectivity index (χ3n) is 8.43. The average Bonchev–Trinajstić information content (AvgIpc) is 3.52. The van der Waals surface area contributed by atoms with Crippen LogP contribution >= 0.6 is 0 Å². The number of aromatic nitrogens is 1. The molecule has 3 aromatic carbocycles. The molecule has 1 saturated heterocycles. The normalized spacial score (nSPS) is 17.1. The van der Waals surface area contributed by atoms with Crippen molar-refractivity contribution in [3.63, 3.8) is 0 Å². The number of amides is 1. The maximum Gasteiger partial charge on any atom is 0.491 e. The number of ether oxygens (including phenoxy) is 2. The predicted molar refractivity (Wildman–Crippen MR) is 174 cm³/mol. The van der Waals surface area contributed by atoms with Gasteiger partial charge in [0.1, 0.15) is 11.9 Å². The van der Waals surface area contributed by atoms with Crippen LogP contribution in [-0.4, -0.2) is 61.2 Å². The van der Waals surface area contributed by atoms with Gasteiger partial charge in [0.15, 0.2) is 21.4 Å². The van der Waals surface area contributed by atoms with Gasteiger partial charge in [-0.1, -0.05) is 24.3 Å². The first-order valence-electron chi connectivity index (χ1n) is 15.2. The van der Waals surface area contributed by atoms with Crippen LogP contribution in [0.4, 0.5) is 29.1 Å². The van der Waals surface area contributed by atoms with Crippen LogP contribution in [0, 0.1) is 11.7 Å². The summed E-state index contributed by atoms with van der Waals surface area (Å²) >= 11 is 0. The van der Waals surface area contributed by atoms with Crippen LogP contribution in [0.15, 0.2) is 77.8 Å². The van der Waals surface area contributed by atoms with Gasteiger partial charge in [-0.25, -0.2) is 22.6 Å². The van der Waals surface area contributed by atoms with E-state index in [1.54, 1.807) is 24.3 Å². The van der Waals surface area contributed by atoms with Crippen molar-refractivity contribution in [2.75, 3.05) is 24.7 Å². The van der Waals surface area contributed by atoms with E-state index in [-0.39, 0.29) is 40.6 Å². The molecule has 3 atom stereocenters. The van der Waals surface area contributed by atoms with Crippen molar-refractivity contribution in [1.29, 1.82) is 0 Å². The summed E-state index contributed by atoms with van der Waals surface area (Å²) in [5.41, 5.74) is 6.53. The molecular weight excluding hydrogens is 684 g/mol. The summed E-state index contributed by atoms with van der Waals surface area (Å²) in [7, 11) is -2.84. The number of hydrogen-bond acceptors (Lipinski definition) is 10. The Kier molecular flexibility index (Phi) is 10.0. The van der Waals surface area contributed by atoms with E-state index < -0.39 is 62.9 Å². The minimum absolute atomic E-state index is 0.0578. The lowest BCUT2D eigenvalue weighted by atomic mass is 9.93. The summed E-state index contributed by atoms with van der Waals surface area (Å²) in [6, 6.07) is 13.0. The molecule has 5 rings (SSSR count). The lowest BCUT2D eigenvalue weighted by Crippen LogP contribution is -2.40. The molecule has 4 aromatic rings. The van der Waals surface area contributed by atoms with Gasteiger partial charge in [0, 0.05) is 23.8 Å². The van der Waals surface area contributed by atoms with Crippen molar-refractivity contribution in [2.45, 2.75) is 48.7 Å². The van der Waals surface area contributed by atoms with Crippen molar-refractivity contribution in [1.82, 2.24) is 9.88 Å². The molecule has 264 valence electrons. The van der Waals surface area contributed by atoms with E-state index in [1.807, 2.05) is 0 Å². The zero-order valence-electron chi connectivity index (χ0n) is 26.9. The number of nitrogens with zero attached hydrogens (tertiary/aromatic N) is 2. The molecule has 1 aliphatic rings. The first kappa shape index (κ1) is 36.0. The fourth-order valence-corrected chi connectivity index (χ4v) is 7.19. The highest BCUT2D eigenvalue weighted by Gasteiger charge is 2.49. The fraction of sp³-hybridized carbons (Fsp3) is 0.294. The second-order valence-corrected chi connectivity index (χ2v) is 14.3. The molecule has 0 saturated carbocycles. The first-order valence-corrected chi connectivity index (χ1v) is 16.8. The molecule has 50 heavy (non-hydrogen) atoms. The third-order valence-corrected chi connectivity index (χ3v) is 10.7. The second kappa shape index (κ2) is 13.9. The van der Waals surface area contributed by atoms with E-state index in [9.17, 15) is 40.4 Å². The molecular formula is C34H32F4N4O7S. The number of nitrogens with one attached hydrogen (secondary N) is 1. The Hall–Kier alpha value is -5.25. The van der Waals surface area contributed by atoms with Gasteiger partial charge < -0.3 is 25.4 Å². The van der Waals surface area contributed by atoms with Crippen LogP contribution in [0.5, 0.6) is 5.75 Å². The number of alkyl halides is 3. The topological polar surface area (TPSA) is 158 Å². The highest BCUT2D eigenvalue weighted by Crippen LogP contribution is 2.43. The Labute approximate surface area is 284 Å². The third kappa shape index (κ3) is 7.06. The Bertz CT molecular complexity index is 2070. The number of carbonyl (C=O) groups excluding carboxylic acids is 3. The number of nitrogens with two attached hydrogens (primary N) is 1. The van der Waals surface area contributed by atoms with Crippen molar-refractivity contribution >= 4 is 50.0 Å². The van der Waals surface area contributed by atoms with Crippen LogP contribution in [0.1, 0.15) is 43.5 Å². The van der Waals surface area contributed by atoms with Gasteiger partial charge in [0.2, 0.25) is 5.91 Å². The summed E-state index contributed by atoms with van der Waals surface area (Å²) in [5, 5.41) is 3.45. The number of pyridine rings is 1.